The van der Waals surface area contributed by atoms with Gasteiger partial charge in [0, 0.05) is 15.8 Å². The summed E-state index contributed by atoms with van der Waals surface area (Å²) in [6, 6.07) is 8.10. The van der Waals surface area contributed by atoms with Gasteiger partial charge in [-0.25, -0.2) is 4.39 Å². The van der Waals surface area contributed by atoms with E-state index in [9.17, 15) is 9.18 Å². The number of halogens is 1. The molecule has 0 saturated heterocycles. The lowest BCUT2D eigenvalue weighted by molar-refractivity contribution is -0.120. The SMILES string of the molecule is O=C(Cc1ccccc1F)NCc1cc(C#CCO)cs1. The van der Waals surface area contributed by atoms with Gasteiger partial charge in [0.2, 0.25) is 5.91 Å². The van der Waals surface area contributed by atoms with Crippen LogP contribution in [-0.4, -0.2) is 17.6 Å². The number of amides is 1. The van der Waals surface area contributed by atoms with E-state index in [0.717, 1.165) is 10.4 Å². The topological polar surface area (TPSA) is 49.3 Å². The molecular formula is C16H14FNO2S. The highest BCUT2D eigenvalue weighted by Crippen LogP contribution is 2.13. The van der Waals surface area contributed by atoms with E-state index in [4.69, 9.17) is 5.11 Å². The molecule has 0 spiro atoms. The number of hydrogen-bond donors (Lipinski definition) is 2. The number of rotatable bonds is 4. The van der Waals surface area contributed by atoms with Crippen molar-refractivity contribution in [2.24, 2.45) is 0 Å². The smallest absolute Gasteiger partial charge is 0.224 e. The largest absolute Gasteiger partial charge is 0.384 e. The highest BCUT2D eigenvalue weighted by Gasteiger charge is 2.07. The van der Waals surface area contributed by atoms with Gasteiger partial charge in [0.25, 0.3) is 0 Å². The summed E-state index contributed by atoms with van der Waals surface area (Å²) in [6.45, 7) is 0.212. The Morgan fingerprint density at radius 1 is 1.38 bits per heavy atom. The van der Waals surface area contributed by atoms with Crippen molar-refractivity contribution in [2.45, 2.75) is 13.0 Å². The van der Waals surface area contributed by atoms with Crippen LogP contribution in [0.25, 0.3) is 0 Å². The number of aliphatic hydroxyl groups is 1. The van der Waals surface area contributed by atoms with Crippen LogP contribution in [0.3, 0.4) is 0 Å². The van der Waals surface area contributed by atoms with Gasteiger partial charge in [0.05, 0.1) is 13.0 Å². The molecule has 108 valence electrons. The molecule has 0 unspecified atom stereocenters. The third kappa shape index (κ3) is 4.71. The molecular weight excluding hydrogens is 289 g/mol. The normalized spacial score (nSPS) is 9.81. The molecule has 0 aliphatic carbocycles. The molecule has 2 N–H and O–H groups in total. The number of carbonyl (C=O) groups is 1. The Morgan fingerprint density at radius 3 is 2.95 bits per heavy atom. The van der Waals surface area contributed by atoms with E-state index in [1.807, 2.05) is 11.4 Å². The predicted octanol–water partition coefficient (Wildman–Crippen LogP) is 2.09. The number of thiophene rings is 1. The Balaban J connectivity index is 1.87. The van der Waals surface area contributed by atoms with Crippen molar-refractivity contribution in [2.75, 3.05) is 6.61 Å². The molecule has 0 aliphatic rings. The maximum absolute atomic E-state index is 13.4. The molecule has 0 radical (unpaired) electrons. The van der Waals surface area contributed by atoms with Gasteiger partial charge in [0.1, 0.15) is 12.4 Å². The van der Waals surface area contributed by atoms with E-state index >= 15 is 0 Å². The van der Waals surface area contributed by atoms with Crippen molar-refractivity contribution < 1.29 is 14.3 Å². The van der Waals surface area contributed by atoms with E-state index in [2.05, 4.69) is 17.2 Å². The van der Waals surface area contributed by atoms with E-state index in [0.29, 0.717) is 12.1 Å². The van der Waals surface area contributed by atoms with Crippen molar-refractivity contribution in [3.8, 4) is 11.8 Å². The molecule has 0 aliphatic heterocycles. The third-order valence-corrected chi connectivity index (χ3v) is 3.67. The minimum Gasteiger partial charge on any atom is -0.384 e. The van der Waals surface area contributed by atoms with E-state index in [1.54, 1.807) is 18.2 Å². The Kier molecular flexibility index (Phi) is 5.50. The number of carbonyl (C=O) groups excluding carboxylic acids is 1. The molecule has 3 nitrogen and oxygen atoms in total. The molecule has 0 atom stereocenters. The van der Waals surface area contributed by atoms with Crippen LogP contribution in [0.15, 0.2) is 35.7 Å². The summed E-state index contributed by atoms with van der Waals surface area (Å²) in [5.74, 6) is 4.77. The number of benzene rings is 1. The summed E-state index contributed by atoms with van der Waals surface area (Å²) in [4.78, 5) is 12.7. The molecule has 0 bridgehead atoms. The summed E-state index contributed by atoms with van der Waals surface area (Å²) in [6.07, 6.45) is 0.0230. The van der Waals surface area contributed by atoms with Gasteiger partial charge in [-0.1, -0.05) is 30.0 Å². The van der Waals surface area contributed by atoms with Crippen LogP contribution in [-0.2, 0) is 17.8 Å². The lowest BCUT2D eigenvalue weighted by atomic mass is 10.1. The Morgan fingerprint density at radius 2 is 2.19 bits per heavy atom. The maximum Gasteiger partial charge on any atom is 0.224 e. The second-order valence-corrected chi connectivity index (χ2v) is 5.30. The van der Waals surface area contributed by atoms with Crippen molar-refractivity contribution in [3.05, 3.63) is 57.5 Å². The Bertz CT molecular complexity index is 685. The molecule has 5 heteroatoms. The van der Waals surface area contributed by atoms with Crippen molar-refractivity contribution >= 4 is 17.2 Å². The van der Waals surface area contributed by atoms with Crippen LogP contribution in [0.1, 0.15) is 16.0 Å². The second kappa shape index (κ2) is 7.58. The zero-order valence-corrected chi connectivity index (χ0v) is 12.0. The van der Waals surface area contributed by atoms with Gasteiger partial charge in [-0.3, -0.25) is 4.79 Å². The van der Waals surface area contributed by atoms with Crippen molar-refractivity contribution in [1.29, 1.82) is 0 Å². The zero-order valence-electron chi connectivity index (χ0n) is 11.2. The van der Waals surface area contributed by atoms with Crippen molar-refractivity contribution in [1.82, 2.24) is 5.32 Å². The summed E-state index contributed by atoms with van der Waals surface area (Å²) in [5, 5.41) is 13.2. The fourth-order valence-electron chi connectivity index (χ4n) is 1.74. The molecule has 0 saturated carbocycles. The van der Waals surface area contributed by atoms with Gasteiger partial charge in [0.15, 0.2) is 0 Å². The van der Waals surface area contributed by atoms with Crippen molar-refractivity contribution in [3.63, 3.8) is 0 Å². The highest BCUT2D eigenvalue weighted by molar-refractivity contribution is 7.10. The van der Waals surface area contributed by atoms with Crippen LogP contribution in [0.4, 0.5) is 4.39 Å². The summed E-state index contributed by atoms with van der Waals surface area (Å²) < 4.78 is 13.4. The molecule has 0 fully saturated rings. The van der Waals surface area contributed by atoms with Crippen LogP contribution < -0.4 is 5.32 Å². The lowest BCUT2D eigenvalue weighted by Crippen LogP contribution is -2.24. The van der Waals surface area contributed by atoms with Crippen LogP contribution in [0.5, 0.6) is 0 Å². The highest BCUT2D eigenvalue weighted by atomic mass is 32.1. The quantitative estimate of drug-likeness (QED) is 0.850. The summed E-state index contributed by atoms with van der Waals surface area (Å²) >= 11 is 1.48. The van der Waals surface area contributed by atoms with E-state index in [-0.39, 0.29) is 24.8 Å². The van der Waals surface area contributed by atoms with Gasteiger partial charge < -0.3 is 10.4 Å². The molecule has 2 aromatic rings. The maximum atomic E-state index is 13.4. The minimum atomic E-state index is -0.370. The second-order valence-electron chi connectivity index (χ2n) is 4.31. The first-order chi connectivity index (χ1) is 10.2. The van der Waals surface area contributed by atoms with Gasteiger partial charge in [-0.2, -0.15) is 0 Å². The first-order valence-corrected chi connectivity index (χ1v) is 7.24. The molecule has 21 heavy (non-hydrogen) atoms. The first kappa shape index (κ1) is 15.2. The Hall–Kier alpha value is -2.16. The van der Waals surface area contributed by atoms with Gasteiger partial charge >= 0.3 is 0 Å². The average molecular weight is 303 g/mol. The van der Waals surface area contributed by atoms with Crippen LogP contribution >= 0.6 is 11.3 Å². The van der Waals surface area contributed by atoms with Gasteiger partial charge in [-0.05, 0) is 17.7 Å². The minimum absolute atomic E-state index is 0.0230. The number of aliphatic hydroxyl groups excluding tert-OH is 1. The van der Waals surface area contributed by atoms with Crippen LogP contribution in [0, 0.1) is 17.7 Å². The number of hydrogen-bond acceptors (Lipinski definition) is 3. The summed E-state index contributed by atoms with van der Waals surface area (Å²) in [7, 11) is 0. The first-order valence-electron chi connectivity index (χ1n) is 6.36. The van der Waals surface area contributed by atoms with E-state index in [1.165, 1.54) is 17.4 Å². The lowest BCUT2D eigenvalue weighted by Gasteiger charge is -2.04. The van der Waals surface area contributed by atoms with Crippen LogP contribution in [0.2, 0.25) is 0 Å². The molecule has 1 heterocycles. The number of nitrogens with one attached hydrogen (secondary N) is 1. The fraction of sp³-hybridized carbons (Fsp3) is 0.188. The molecule has 2 rings (SSSR count). The van der Waals surface area contributed by atoms with E-state index < -0.39 is 0 Å². The monoisotopic (exact) mass is 303 g/mol. The summed E-state index contributed by atoms with van der Waals surface area (Å²) in [5.41, 5.74) is 1.20. The molecule has 1 amide bonds. The predicted molar refractivity (Wildman–Crippen MR) is 80.2 cm³/mol. The molecule has 1 aromatic carbocycles. The standard InChI is InChI=1S/C16H14FNO2S/c17-15-6-2-1-5-13(15)9-16(20)18-10-14-8-12(11-21-14)4-3-7-19/h1-2,5-6,8,11,19H,7,9-10H2,(H,18,20). The fourth-order valence-corrected chi connectivity index (χ4v) is 2.50. The van der Waals surface area contributed by atoms with Gasteiger partial charge in [-0.15, -0.1) is 11.3 Å². The molecule has 1 aromatic heterocycles. The average Bonchev–Trinajstić information content (AvgIpc) is 2.93. The Labute approximate surface area is 126 Å². The zero-order chi connectivity index (χ0) is 15.1. The third-order valence-electron chi connectivity index (χ3n) is 2.73.